The monoisotopic (exact) mass is 265 g/mol. The van der Waals surface area contributed by atoms with Crippen molar-refractivity contribution in [2.24, 2.45) is 4.99 Å². The highest BCUT2D eigenvalue weighted by Crippen LogP contribution is 2.27. The first-order chi connectivity index (χ1) is 9.69. The van der Waals surface area contributed by atoms with Crippen molar-refractivity contribution >= 4 is 11.6 Å². The highest BCUT2D eigenvalue weighted by molar-refractivity contribution is 6.15. The standard InChI is InChI=1S/C16H15N3O/c1-11(20)19-6-5-14-9-18-16(15(14)10-19)13-4-2-3-12(7-13)8-17/h2-4,7H,5-6,9-10H2,1H3. The molecule has 1 aromatic rings. The van der Waals surface area contributed by atoms with Gasteiger partial charge < -0.3 is 4.90 Å². The van der Waals surface area contributed by atoms with E-state index in [-0.39, 0.29) is 5.91 Å². The summed E-state index contributed by atoms with van der Waals surface area (Å²) in [5.74, 6) is 0.105. The molecule has 0 unspecified atom stereocenters. The van der Waals surface area contributed by atoms with Gasteiger partial charge in [0, 0.05) is 25.6 Å². The lowest BCUT2D eigenvalue weighted by atomic mass is 9.94. The van der Waals surface area contributed by atoms with Crippen molar-refractivity contribution in [3.8, 4) is 6.07 Å². The summed E-state index contributed by atoms with van der Waals surface area (Å²) < 4.78 is 0. The summed E-state index contributed by atoms with van der Waals surface area (Å²) in [5, 5.41) is 9.00. The number of hydrogen-bond acceptors (Lipinski definition) is 3. The molecule has 4 nitrogen and oxygen atoms in total. The Kier molecular flexibility index (Phi) is 3.11. The number of aliphatic imine (C=N–C) groups is 1. The molecule has 0 saturated heterocycles. The van der Waals surface area contributed by atoms with Crippen molar-refractivity contribution in [1.29, 1.82) is 5.26 Å². The normalized spacial score (nSPS) is 17.6. The average Bonchev–Trinajstić information content (AvgIpc) is 2.90. The molecule has 100 valence electrons. The van der Waals surface area contributed by atoms with Crippen LogP contribution >= 0.6 is 0 Å². The van der Waals surface area contributed by atoms with E-state index in [9.17, 15) is 4.79 Å². The lowest BCUT2D eigenvalue weighted by Crippen LogP contribution is -2.36. The zero-order valence-electron chi connectivity index (χ0n) is 11.4. The molecule has 1 aromatic carbocycles. The van der Waals surface area contributed by atoms with Gasteiger partial charge in [-0.3, -0.25) is 9.79 Å². The van der Waals surface area contributed by atoms with Gasteiger partial charge in [0.05, 0.1) is 23.9 Å². The fraction of sp³-hybridized carbons (Fsp3) is 0.312. The number of carbonyl (C=O) groups is 1. The van der Waals surface area contributed by atoms with Crippen LogP contribution in [-0.2, 0) is 4.79 Å². The molecular weight excluding hydrogens is 250 g/mol. The first-order valence-electron chi connectivity index (χ1n) is 6.71. The molecule has 0 bridgehead atoms. The van der Waals surface area contributed by atoms with Gasteiger partial charge in [0.2, 0.25) is 5.91 Å². The summed E-state index contributed by atoms with van der Waals surface area (Å²) in [6.45, 7) is 3.76. The topological polar surface area (TPSA) is 56.5 Å². The third-order valence-corrected chi connectivity index (χ3v) is 3.88. The number of rotatable bonds is 1. The summed E-state index contributed by atoms with van der Waals surface area (Å²) in [7, 11) is 0. The smallest absolute Gasteiger partial charge is 0.219 e. The Balaban J connectivity index is 1.94. The Bertz CT molecular complexity index is 679. The van der Waals surface area contributed by atoms with Crippen LogP contribution in [-0.4, -0.2) is 36.2 Å². The predicted octanol–water partition coefficient (Wildman–Crippen LogP) is 1.91. The minimum atomic E-state index is 0.105. The van der Waals surface area contributed by atoms with E-state index < -0.39 is 0 Å². The summed E-state index contributed by atoms with van der Waals surface area (Å²) in [5.41, 5.74) is 5.06. The summed E-state index contributed by atoms with van der Waals surface area (Å²) >= 11 is 0. The molecule has 2 heterocycles. The molecule has 20 heavy (non-hydrogen) atoms. The van der Waals surface area contributed by atoms with Gasteiger partial charge in [0.25, 0.3) is 0 Å². The van der Waals surface area contributed by atoms with Crippen molar-refractivity contribution in [2.75, 3.05) is 19.6 Å². The Hall–Kier alpha value is -2.41. The van der Waals surface area contributed by atoms with Crippen LogP contribution in [0.4, 0.5) is 0 Å². The minimum Gasteiger partial charge on any atom is -0.338 e. The molecule has 0 N–H and O–H groups in total. The molecule has 2 aliphatic heterocycles. The highest BCUT2D eigenvalue weighted by Gasteiger charge is 2.27. The van der Waals surface area contributed by atoms with Crippen molar-refractivity contribution in [1.82, 2.24) is 4.90 Å². The average molecular weight is 265 g/mol. The molecule has 0 saturated carbocycles. The molecule has 0 fully saturated rings. The fourth-order valence-corrected chi connectivity index (χ4v) is 2.76. The summed E-state index contributed by atoms with van der Waals surface area (Å²) in [6, 6.07) is 9.66. The molecule has 0 spiro atoms. The Morgan fingerprint density at radius 1 is 1.45 bits per heavy atom. The second-order valence-corrected chi connectivity index (χ2v) is 5.13. The van der Waals surface area contributed by atoms with Crippen molar-refractivity contribution in [2.45, 2.75) is 13.3 Å². The van der Waals surface area contributed by atoms with E-state index in [2.05, 4.69) is 11.1 Å². The van der Waals surface area contributed by atoms with Gasteiger partial charge in [-0.25, -0.2) is 0 Å². The third-order valence-electron chi connectivity index (χ3n) is 3.88. The second kappa shape index (κ2) is 4.93. The number of hydrogen-bond donors (Lipinski definition) is 0. The second-order valence-electron chi connectivity index (χ2n) is 5.13. The molecule has 1 amide bonds. The van der Waals surface area contributed by atoms with Crippen LogP contribution in [0.3, 0.4) is 0 Å². The Morgan fingerprint density at radius 3 is 3.05 bits per heavy atom. The van der Waals surface area contributed by atoms with Gasteiger partial charge in [-0.2, -0.15) is 5.26 Å². The number of carbonyl (C=O) groups excluding carboxylic acids is 1. The maximum Gasteiger partial charge on any atom is 0.219 e. The SMILES string of the molecule is CC(=O)N1CCC2=C(C1)C(c1cccc(C#N)c1)=NC2. The van der Waals surface area contributed by atoms with Gasteiger partial charge in [0.1, 0.15) is 0 Å². The Labute approximate surface area is 118 Å². The first kappa shape index (κ1) is 12.6. The van der Waals surface area contributed by atoms with Crippen LogP contribution in [0.1, 0.15) is 24.5 Å². The van der Waals surface area contributed by atoms with Crippen LogP contribution in [0.5, 0.6) is 0 Å². The van der Waals surface area contributed by atoms with E-state index >= 15 is 0 Å². The molecule has 2 aliphatic rings. The van der Waals surface area contributed by atoms with E-state index in [0.29, 0.717) is 12.1 Å². The zero-order chi connectivity index (χ0) is 14.1. The van der Waals surface area contributed by atoms with Gasteiger partial charge in [0.15, 0.2) is 0 Å². The zero-order valence-corrected chi connectivity index (χ0v) is 11.4. The lowest BCUT2D eigenvalue weighted by Gasteiger charge is -2.27. The summed E-state index contributed by atoms with van der Waals surface area (Å²) in [4.78, 5) is 18.0. The highest BCUT2D eigenvalue weighted by atomic mass is 16.2. The van der Waals surface area contributed by atoms with E-state index in [0.717, 1.165) is 30.8 Å². The van der Waals surface area contributed by atoms with Gasteiger partial charge >= 0.3 is 0 Å². The molecule has 0 radical (unpaired) electrons. The lowest BCUT2D eigenvalue weighted by molar-refractivity contribution is -0.128. The molecular formula is C16H15N3O. The van der Waals surface area contributed by atoms with Gasteiger partial charge in [-0.05, 0) is 29.7 Å². The van der Waals surface area contributed by atoms with Crippen LogP contribution in [0.25, 0.3) is 0 Å². The number of nitrogens with zero attached hydrogens (tertiary/aromatic N) is 3. The summed E-state index contributed by atoms with van der Waals surface area (Å²) in [6.07, 6.45) is 0.903. The number of amides is 1. The molecule has 0 aromatic heterocycles. The first-order valence-corrected chi connectivity index (χ1v) is 6.71. The van der Waals surface area contributed by atoms with Gasteiger partial charge in [-0.1, -0.05) is 12.1 Å². The fourth-order valence-electron chi connectivity index (χ4n) is 2.76. The van der Waals surface area contributed by atoms with Crippen molar-refractivity contribution in [3.63, 3.8) is 0 Å². The molecule has 0 atom stereocenters. The molecule has 3 rings (SSSR count). The van der Waals surface area contributed by atoms with Crippen LogP contribution in [0, 0.1) is 11.3 Å². The van der Waals surface area contributed by atoms with E-state index in [4.69, 9.17) is 5.26 Å². The Morgan fingerprint density at radius 2 is 2.30 bits per heavy atom. The maximum atomic E-state index is 11.6. The molecule has 4 heteroatoms. The maximum absolute atomic E-state index is 11.6. The van der Waals surface area contributed by atoms with Gasteiger partial charge in [-0.15, -0.1) is 0 Å². The quantitative estimate of drug-likeness (QED) is 0.778. The van der Waals surface area contributed by atoms with E-state index in [1.807, 2.05) is 23.1 Å². The number of benzene rings is 1. The number of nitriles is 1. The van der Waals surface area contributed by atoms with Crippen molar-refractivity contribution < 1.29 is 4.79 Å². The van der Waals surface area contributed by atoms with Crippen LogP contribution in [0.2, 0.25) is 0 Å². The van der Waals surface area contributed by atoms with Crippen molar-refractivity contribution in [3.05, 3.63) is 46.5 Å². The molecule has 0 aliphatic carbocycles. The largest absolute Gasteiger partial charge is 0.338 e. The predicted molar refractivity (Wildman–Crippen MR) is 76.5 cm³/mol. The van der Waals surface area contributed by atoms with Crippen LogP contribution in [0.15, 0.2) is 40.4 Å². The minimum absolute atomic E-state index is 0.105. The third kappa shape index (κ3) is 2.12. The van der Waals surface area contributed by atoms with Crippen LogP contribution < -0.4 is 0 Å². The van der Waals surface area contributed by atoms with E-state index in [1.54, 1.807) is 13.0 Å². The van der Waals surface area contributed by atoms with E-state index in [1.165, 1.54) is 11.1 Å².